The van der Waals surface area contributed by atoms with Crippen molar-refractivity contribution in [1.29, 1.82) is 0 Å². The third-order valence-corrected chi connectivity index (χ3v) is 1.46. The van der Waals surface area contributed by atoms with Gasteiger partial charge in [-0.1, -0.05) is 5.92 Å². The molecule has 2 nitrogen and oxygen atoms in total. The number of nitrogens with zero attached hydrogens (tertiary/aromatic N) is 1. The van der Waals surface area contributed by atoms with Crippen LogP contribution in [0.3, 0.4) is 0 Å². The van der Waals surface area contributed by atoms with Crippen LogP contribution in [0.4, 0.5) is 5.69 Å². The van der Waals surface area contributed by atoms with E-state index in [4.69, 9.17) is 5.73 Å². The summed E-state index contributed by atoms with van der Waals surface area (Å²) in [4.78, 5) is 4.03. The number of hydrogen-bond donors (Lipinski definition) is 2. The zero-order valence-corrected chi connectivity index (χ0v) is 7.51. The molecule has 1 aromatic rings. The van der Waals surface area contributed by atoms with E-state index >= 15 is 0 Å². The van der Waals surface area contributed by atoms with Gasteiger partial charge in [-0.05, 0) is 18.1 Å². The minimum atomic E-state index is 0.695. The molecule has 0 saturated carbocycles. The maximum atomic E-state index is 5.54. The van der Waals surface area contributed by atoms with Crippen molar-refractivity contribution in [3.63, 3.8) is 0 Å². The molecule has 0 fully saturated rings. The molecule has 62 valence electrons. The van der Waals surface area contributed by atoms with Gasteiger partial charge in [0, 0.05) is 24.1 Å². The Morgan fingerprint density at radius 1 is 1.58 bits per heavy atom. The van der Waals surface area contributed by atoms with Crippen LogP contribution >= 0.6 is 12.6 Å². The maximum Gasteiger partial charge on any atom is 0.115 e. The van der Waals surface area contributed by atoms with Crippen LogP contribution in [-0.4, -0.2) is 10.7 Å². The van der Waals surface area contributed by atoms with Crippen LogP contribution in [0.15, 0.2) is 18.3 Å². The summed E-state index contributed by atoms with van der Waals surface area (Å²) >= 11 is 4.04. The topological polar surface area (TPSA) is 38.9 Å². The van der Waals surface area contributed by atoms with Gasteiger partial charge >= 0.3 is 0 Å². The molecular formula is C9H10N2S. The second-order valence-electron chi connectivity index (χ2n) is 2.25. The molecule has 0 amide bonds. The predicted molar refractivity (Wildman–Crippen MR) is 54.0 cm³/mol. The highest BCUT2D eigenvalue weighted by molar-refractivity contribution is 7.80. The maximum absolute atomic E-state index is 5.54. The van der Waals surface area contributed by atoms with Crippen LogP contribution in [-0.2, 0) is 0 Å². The zero-order valence-electron chi connectivity index (χ0n) is 6.62. The number of hydrogen-bond acceptors (Lipinski definition) is 3. The SMILES string of the molecule is Nc1ccnc(C#CCCS)c1. The van der Waals surface area contributed by atoms with Crippen LogP contribution in [0.1, 0.15) is 12.1 Å². The molecule has 1 rings (SSSR count). The lowest BCUT2D eigenvalue weighted by atomic mass is 10.3. The zero-order chi connectivity index (χ0) is 8.81. The van der Waals surface area contributed by atoms with E-state index in [0.717, 1.165) is 17.9 Å². The highest BCUT2D eigenvalue weighted by Gasteiger charge is 1.87. The van der Waals surface area contributed by atoms with Crippen LogP contribution in [0, 0.1) is 11.8 Å². The summed E-state index contributed by atoms with van der Waals surface area (Å²) in [5.41, 5.74) is 6.95. The van der Waals surface area contributed by atoms with E-state index in [1.807, 2.05) is 0 Å². The molecule has 0 radical (unpaired) electrons. The summed E-state index contributed by atoms with van der Waals surface area (Å²) in [5, 5.41) is 0. The highest BCUT2D eigenvalue weighted by Crippen LogP contribution is 2.00. The van der Waals surface area contributed by atoms with Crippen LogP contribution in [0.2, 0.25) is 0 Å². The Bertz CT molecular complexity index is 312. The average molecular weight is 178 g/mol. The fourth-order valence-electron chi connectivity index (χ4n) is 0.724. The molecule has 0 unspecified atom stereocenters. The first kappa shape index (κ1) is 8.95. The van der Waals surface area contributed by atoms with Gasteiger partial charge in [0.15, 0.2) is 0 Å². The summed E-state index contributed by atoms with van der Waals surface area (Å²) in [6, 6.07) is 3.50. The Morgan fingerprint density at radius 2 is 2.42 bits per heavy atom. The monoisotopic (exact) mass is 178 g/mol. The van der Waals surface area contributed by atoms with Crippen molar-refractivity contribution in [2.75, 3.05) is 11.5 Å². The van der Waals surface area contributed by atoms with Gasteiger partial charge in [0.2, 0.25) is 0 Å². The lowest BCUT2D eigenvalue weighted by Gasteiger charge is -1.91. The van der Waals surface area contributed by atoms with Gasteiger partial charge in [-0.2, -0.15) is 12.6 Å². The fraction of sp³-hybridized carbons (Fsp3) is 0.222. The van der Waals surface area contributed by atoms with Gasteiger partial charge in [0.05, 0.1) is 0 Å². The van der Waals surface area contributed by atoms with Gasteiger partial charge in [0.25, 0.3) is 0 Å². The van der Waals surface area contributed by atoms with Crippen molar-refractivity contribution in [3.05, 3.63) is 24.0 Å². The van der Waals surface area contributed by atoms with E-state index in [9.17, 15) is 0 Å². The van der Waals surface area contributed by atoms with Gasteiger partial charge in [-0.3, -0.25) is 0 Å². The van der Waals surface area contributed by atoms with Gasteiger partial charge < -0.3 is 5.73 Å². The molecule has 1 aromatic heterocycles. The predicted octanol–water partition coefficient (Wildman–Crippen LogP) is 1.34. The first-order valence-electron chi connectivity index (χ1n) is 3.64. The van der Waals surface area contributed by atoms with Gasteiger partial charge in [-0.25, -0.2) is 4.98 Å². The van der Waals surface area contributed by atoms with Crippen molar-refractivity contribution < 1.29 is 0 Å². The molecule has 1 heterocycles. The van der Waals surface area contributed by atoms with E-state index in [1.165, 1.54) is 0 Å². The van der Waals surface area contributed by atoms with Crippen molar-refractivity contribution in [2.24, 2.45) is 0 Å². The molecule has 0 saturated heterocycles. The minimum absolute atomic E-state index is 0.695. The van der Waals surface area contributed by atoms with Crippen LogP contribution < -0.4 is 5.73 Å². The van der Waals surface area contributed by atoms with Gasteiger partial charge in [0.1, 0.15) is 5.69 Å². The van der Waals surface area contributed by atoms with Crippen molar-refractivity contribution in [2.45, 2.75) is 6.42 Å². The molecule has 0 spiro atoms. The molecule has 0 aliphatic carbocycles. The summed E-state index contributed by atoms with van der Waals surface area (Å²) in [6.07, 6.45) is 2.43. The first-order valence-corrected chi connectivity index (χ1v) is 4.27. The summed E-state index contributed by atoms with van der Waals surface area (Å²) < 4.78 is 0. The number of nitrogens with two attached hydrogens (primary N) is 1. The number of rotatable bonds is 1. The third kappa shape index (κ3) is 2.85. The smallest absolute Gasteiger partial charge is 0.115 e. The molecule has 0 aliphatic heterocycles. The largest absolute Gasteiger partial charge is 0.399 e. The molecule has 2 N–H and O–H groups in total. The molecular weight excluding hydrogens is 168 g/mol. The lowest BCUT2D eigenvalue weighted by Crippen LogP contribution is -1.87. The summed E-state index contributed by atoms with van der Waals surface area (Å²) in [5.74, 6) is 6.60. The average Bonchev–Trinajstić information content (AvgIpc) is 2.05. The normalized spacial score (nSPS) is 8.75. The Labute approximate surface area is 77.6 Å². The van der Waals surface area contributed by atoms with Crippen molar-refractivity contribution in [1.82, 2.24) is 4.98 Å². The number of aromatic nitrogens is 1. The van der Waals surface area contributed by atoms with E-state index in [-0.39, 0.29) is 0 Å². The first-order chi connectivity index (χ1) is 5.83. The van der Waals surface area contributed by atoms with Crippen LogP contribution in [0.5, 0.6) is 0 Å². The number of thiol groups is 1. The Morgan fingerprint density at radius 3 is 3.08 bits per heavy atom. The molecule has 0 aliphatic rings. The Hall–Kier alpha value is -1.14. The summed E-state index contributed by atoms with van der Waals surface area (Å²) in [7, 11) is 0. The van der Waals surface area contributed by atoms with Crippen molar-refractivity contribution in [3.8, 4) is 11.8 Å². The minimum Gasteiger partial charge on any atom is -0.399 e. The Kier molecular flexibility index (Phi) is 3.49. The molecule has 0 atom stereocenters. The summed E-state index contributed by atoms with van der Waals surface area (Å²) in [6.45, 7) is 0. The molecule has 0 aromatic carbocycles. The Balaban J connectivity index is 2.71. The standard InChI is InChI=1S/C9H10N2S/c10-8-4-5-11-9(7-8)3-1-2-6-12/h4-5,7,12H,2,6H2,(H2,10,11). The number of pyridine rings is 1. The quantitative estimate of drug-likeness (QED) is 0.503. The number of anilines is 1. The highest BCUT2D eigenvalue weighted by atomic mass is 32.1. The third-order valence-electron chi connectivity index (χ3n) is 1.24. The fourth-order valence-corrected chi connectivity index (χ4v) is 0.836. The molecule has 3 heteroatoms. The van der Waals surface area contributed by atoms with Gasteiger partial charge in [-0.15, -0.1) is 0 Å². The number of nitrogen functional groups attached to an aromatic ring is 1. The second kappa shape index (κ2) is 4.68. The van der Waals surface area contributed by atoms with E-state index in [2.05, 4.69) is 29.5 Å². The van der Waals surface area contributed by atoms with Crippen LogP contribution in [0.25, 0.3) is 0 Å². The second-order valence-corrected chi connectivity index (χ2v) is 2.70. The van der Waals surface area contributed by atoms with E-state index < -0.39 is 0 Å². The van der Waals surface area contributed by atoms with E-state index in [0.29, 0.717) is 5.69 Å². The lowest BCUT2D eigenvalue weighted by molar-refractivity contribution is 1.27. The molecule has 12 heavy (non-hydrogen) atoms. The van der Waals surface area contributed by atoms with Crippen molar-refractivity contribution >= 4 is 18.3 Å². The van der Waals surface area contributed by atoms with E-state index in [1.54, 1.807) is 18.3 Å². The molecule has 0 bridgehead atoms.